The van der Waals surface area contributed by atoms with E-state index in [1.807, 2.05) is 42.7 Å². The van der Waals surface area contributed by atoms with E-state index < -0.39 is 0 Å². The summed E-state index contributed by atoms with van der Waals surface area (Å²) in [6.45, 7) is 5.68. The Hall–Kier alpha value is -2.73. The number of benzene rings is 1. The quantitative estimate of drug-likeness (QED) is 0.791. The lowest BCUT2D eigenvalue weighted by molar-refractivity contribution is 0.102. The number of nitrogens with one attached hydrogen (secondary N) is 1. The molecule has 0 aliphatic rings. The van der Waals surface area contributed by atoms with Crippen LogP contribution in [0.3, 0.4) is 0 Å². The number of anilines is 1. The van der Waals surface area contributed by atoms with Crippen LogP contribution >= 0.6 is 11.6 Å². The van der Waals surface area contributed by atoms with Crippen LogP contribution < -0.4 is 5.32 Å². The minimum atomic E-state index is -0.368. The van der Waals surface area contributed by atoms with Crippen molar-refractivity contribution in [1.29, 1.82) is 0 Å². The first-order chi connectivity index (χ1) is 11.5. The minimum Gasteiger partial charge on any atom is -0.321 e. The Bertz CT molecular complexity index is 902. The predicted molar refractivity (Wildman–Crippen MR) is 92.8 cm³/mol. The third-order valence-electron chi connectivity index (χ3n) is 3.73. The molecule has 24 heavy (non-hydrogen) atoms. The van der Waals surface area contributed by atoms with Gasteiger partial charge in [0.15, 0.2) is 5.69 Å². The van der Waals surface area contributed by atoms with Gasteiger partial charge in [-0.3, -0.25) is 4.79 Å². The molecule has 0 bridgehead atoms. The number of amides is 1. The van der Waals surface area contributed by atoms with Crippen LogP contribution in [0, 0.1) is 20.8 Å². The van der Waals surface area contributed by atoms with Crippen molar-refractivity contribution in [2.75, 3.05) is 5.32 Å². The van der Waals surface area contributed by atoms with Crippen molar-refractivity contribution in [3.8, 4) is 5.69 Å². The van der Waals surface area contributed by atoms with E-state index in [1.165, 1.54) is 6.20 Å². The second kappa shape index (κ2) is 6.41. The van der Waals surface area contributed by atoms with Crippen molar-refractivity contribution in [2.24, 2.45) is 0 Å². The molecular formula is C17H16ClN5O. The van der Waals surface area contributed by atoms with Crippen molar-refractivity contribution >= 4 is 23.2 Å². The molecule has 0 fully saturated rings. The van der Waals surface area contributed by atoms with Crippen LogP contribution in [-0.4, -0.2) is 25.4 Å². The van der Waals surface area contributed by atoms with Gasteiger partial charge >= 0.3 is 0 Å². The number of carbonyl (C=O) groups excluding carboxylic acids is 1. The lowest BCUT2D eigenvalue weighted by Gasteiger charge is -2.09. The monoisotopic (exact) mass is 341 g/mol. The SMILES string of the molecule is Cc1ncc(Cl)c(C(=O)Nc2ccc(-n3cnc(C)c3C)cc2)n1. The average Bonchev–Trinajstić information content (AvgIpc) is 2.90. The van der Waals surface area contributed by atoms with Gasteiger partial charge in [-0.1, -0.05) is 11.6 Å². The molecule has 1 N–H and O–H groups in total. The number of rotatable bonds is 3. The normalized spacial score (nSPS) is 10.7. The van der Waals surface area contributed by atoms with Crippen molar-refractivity contribution in [1.82, 2.24) is 19.5 Å². The van der Waals surface area contributed by atoms with Crippen molar-refractivity contribution in [3.63, 3.8) is 0 Å². The molecule has 3 aromatic rings. The van der Waals surface area contributed by atoms with Crippen molar-refractivity contribution < 1.29 is 4.79 Å². The maximum Gasteiger partial charge on any atom is 0.275 e. The number of aromatic nitrogens is 4. The summed E-state index contributed by atoms with van der Waals surface area (Å²) in [7, 11) is 0. The molecule has 0 saturated heterocycles. The number of imidazole rings is 1. The highest BCUT2D eigenvalue weighted by Crippen LogP contribution is 2.18. The molecule has 1 aromatic carbocycles. The van der Waals surface area contributed by atoms with E-state index >= 15 is 0 Å². The van der Waals surface area contributed by atoms with E-state index in [-0.39, 0.29) is 16.6 Å². The number of aryl methyl sites for hydroxylation is 2. The fourth-order valence-electron chi connectivity index (χ4n) is 2.27. The number of hydrogen-bond donors (Lipinski definition) is 1. The van der Waals surface area contributed by atoms with Gasteiger partial charge in [-0.2, -0.15) is 0 Å². The van der Waals surface area contributed by atoms with Crippen molar-refractivity contribution in [2.45, 2.75) is 20.8 Å². The summed E-state index contributed by atoms with van der Waals surface area (Å²) in [5, 5.41) is 3.01. The number of nitrogens with zero attached hydrogens (tertiary/aromatic N) is 4. The molecule has 122 valence electrons. The molecule has 0 atom stereocenters. The molecular weight excluding hydrogens is 326 g/mol. The smallest absolute Gasteiger partial charge is 0.275 e. The molecule has 0 aliphatic carbocycles. The van der Waals surface area contributed by atoms with E-state index in [1.54, 1.807) is 13.3 Å². The molecule has 7 heteroatoms. The zero-order valence-corrected chi connectivity index (χ0v) is 14.3. The fourth-order valence-corrected chi connectivity index (χ4v) is 2.45. The fraction of sp³-hybridized carbons (Fsp3) is 0.176. The second-order valence-electron chi connectivity index (χ2n) is 5.40. The van der Waals surface area contributed by atoms with Crippen LogP contribution in [0.25, 0.3) is 5.69 Å². The molecule has 0 spiro atoms. The summed E-state index contributed by atoms with van der Waals surface area (Å²) in [5.74, 6) is 0.124. The Morgan fingerprint density at radius 1 is 1.12 bits per heavy atom. The van der Waals surface area contributed by atoms with Gasteiger partial charge in [-0.05, 0) is 45.0 Å². The third kappa shape index (κ3) is 3.14. The predicted octanol–water partition coefficient (Wildman–Crippen LogP) is 3.49. The largest absolute Gasteiger partial charge is 0.321 e. The molecule has 3 rings (SSSR count). The van der Waals surface area contributed by atoms with Gasteiger partial charge in [0.1, 0.15) is 5.82 Å². The minimum absolute atomic E-state index is 0.161. The van der Waals surface area contributed by atoms with Gasteiger partial charge in [-0.15, -0.1) is 0 Å². The van der Waals surface area contributed by atoms with E-state index in [0.717, 1.165) is 17.1 Å². The lowest BCUT2D eigenvalue weighted by atomic mass is 10.2. The maximum absolute atomic E-state index is 12.3. The Balaban J connectivity index is 1.80. The summed E-state index contributed by atoms with van der Waals surface area (Å²) < 4.78 is 1.99. The van der Waals surface area contributed by atoms with Gasteiger partial charge in [0.05, 0.1) is 23.2 Å². The van der Waals surface area contributed by atoms with Gasteiger partial charge in [-0.25, -0.2) is 15.0 Å². The first kappa shape index (κ1) is 16.1. The van der Waals surface area contributed by atoms with Gasteiger partial charge in [0, 0.05) is 17.1 Å². The summed E-state index contributed by atoms with van der Waals surface area (Å²) >= 11 is 5.99. The highest BCUT2D eigenvalue weighted by Gasteiger charge is 2.13. The molecule has 0 radical (unpaired) electrons. The Morgan fingerprint density at radius 3 is 2.46 bits per heavy atom. The standard InChI is InChI=1S/C17H16ClN5O/c1-10-11(2)23(9-20-10)14-6-4-13(5-7-14)22-17(24)16-15(18)8-19-12(3)21-16/h4-9H,1-3H3,(H,22,24). The zero-order valence-electron chi connectivity index (χ0n) is 13.5. The van der Waals surface area contributed by atoms with Crippen LogP contribution in [0.15, 0.2) is 36.8 Å². The summed E-state index contributed by atoms with van der Waals surface area (Å²) in [6.07, 6.45) is 3.20. The van der Waals surface area contributed by atoms with E-state index in [9.17, 15) is 4.79 Å². The molecule has 2 aromatic heterocycles. The summed E-state index contributed by atoms with van der Waals surface area (Å²) in [6, 6.07) is 7.47. The Kier molecular flexibility index (Phi) is 4.31. The zero-order chi connectivity index (χ0) is 17.3. The number of hydrogen-bond acceptors (Lipinski definition) is 4. The molecule has 6 nitrogen and oxygen atoms in total. The van der Waals surface area contributed by atoms with E-state index in [4.69, 9.17) is 11.6 Å². The molecule has 2 heterocycles. The second-order valence-corrected chi connectivity index (χ2v) is 5.81. The summed E-state index contributed by atoms with van der Waals surface area (Å²) in [4.78, 5) is 24.6. The number of carbonyl (C=O) groups is 1. The van der Waals surface area contributed by atoms with Crippen LogP contribution in [0.4, 0.5) is 5.69 Å². The van der Waals surface area contributed by atoms with E-state index in [2.05, 4.69) is 20.3 Å². The first-order valence-electron chi connectivity index (χ1n) is 7.37. The summed E-state index contributed by atoms with van der Waals surface area (Å²) in [5.41, 5.74) is 3.86. The van der Waals surface area contributed by atoms with Crippen LogP contribution in [0.1, 0.15) is 27.7 Å². The van der Waals surface area contributed by atoms with Gasteiger partial charge in [0.2, 0.25) is 0 Å². The van der Waals surface area contributed by atoms with Gasteiger partial charge in [0.25, 0.3) is 5.91 Å². The van der Waals surface area contributed by atoms with Crippen LogP contribution in [0.2, 0.25) is 5.02 Å². The third-order valence-corrected chi connectivity index (χ3v) is 4.01. The van der Waals surface area contributed by atoms with Crippen molar-refractivity contribution in [3.05, 3.63) is 64.7 Å². The topological polar surface area (TPSA) is 72.7 Å². The maximum atomic E-state index is 12.3. The van der Waals surface area contributed by atoms with E-state index in [0.29, 0.717) is 11.5 Å². The first-order valence-corrected chi connectivity index (χ1v) is 7.75. The number of halogens is 1. The molecule has 0 unspecified atom stereocenters. The Morgan fingerprint density at radius 2 is 1.83 bits per heavy atom. The molecule has 1 amide bonds. The van der Waals surface area contributed by atoms with Crippen LogP contribution in [0.5, 0.6) is 0 Å². The average molecular weight is 342 g/mol. The lowest BCUT2D eigenvalue weighted by Crippen LogP contribution is -2.15. The highest BCUT2D eigenvalue weighted by atomic mass is 35.5. The molecule has 0 saturated carbocycles. The van der Waals surface area contributed by atoms with Gasteiger partial charge < -0.3 is 9.88 Å². The van der Waals surface area contributed by atoms with Crippen LogP contribution in [-0.2, 0) is 0 Å². The molecule has 0 aliphatic heterocycles. The Labute approximate surface area is 144 Å². The highest BCUT2D eigenvalue weighted by molar-refractivity contribution is 6.33.